The Kier molecular flexibility index (Phi) is 2.78. The maximum atomic E-state index is 12.0. The molecule has 3 unspecified atom stereocenters. The number of hydrogen-bond acceptors (Lipinski definition) is 3. The second kappa shape index (κ2) is 4.35. The molecule has 1 amide bonds. The maximum absolute atomic E-state index is 12.0. The van der Waals surface area contributed by atoms with Gasteiger partial charge in [-0.15, -0.1) is 0 Å². The molecule has 0 aromatic heterocycles. The standard InChI is InChI=1S/C14H15NO4/c16-11-5-8-3-1-2-4-10(8)13(11)15-7-9(14(18)19)6-12(15)17/h1-4,9,11,13,16H,5-7H2,(H,18,19). The van der Waals surface area contributed by atoms with Crippen molar-refractivity contribution in [3.8, 4) is 0 Å². The van der Waals surface area contributed by atoms with Gasteiger partial charge in [-0.1, -0.05) is 24.3 Å². The molecule has 2 N–H and O–H groups in total. The van der Waals surface area contributed by atoms with Gasteiger partial charge in [-0.25, -0.2) is 0 Å². The van der Waals surface area contributed by atoms with Gasteiger partial charge in [-0.2, -0.15) is 0 Å². The van der Waals surface area contributed by atoms with Gasteiger partial charge >= 0.3 is 5.97 Å². The van der Waals surface area contributed by atoms with Crippen LogP contribution in [0.15, 0.2) is 24.3 Å². The highest BCUT2D eigenvalue weighted by atomic mass is 16.4. The van der Waals surface area contributed by atoms with Gasteiger partial charge in [0.25, 0.3) is 0 Å². The molecule has 1 heterocycles. The number of carbonyl (C=O) groups excluding carboxylic acids is 1. The molecule has 5 nitrogen and oxygen atoms in total. The Hall–Kier alpha value is -1.88. The number of fused-ring (bicyclic) bond motifs is 1. The van der Waals surface area contributed by atoms with Gasteiger partial charge in [0.05, 0.1) is 18.1 Å². The van der Waals surface area contributed by atoms with E-state index in [1.165, 1.54) is 4.90 Å². The van der Waals surface area contributed by atoms with E-state index in [9.17, 15) is 14.7 Å². The van der Waals surface area contributed by atoms with Gasteiger partial charge in [-0.05, 0) is 11.1 Å². The predicted octanol–water partition coefficient (Wildman–Crippen LogP) is 0.578. The number of amides is 1. The molecule has 19 heavy (non-hydrogen) atoms. The number of benzene rings is 1. The number of aliphatic hydroxyl groups excluding tert-OH is 1. The van der Waals surface area contributed by atoms with Crippen LogP contribution in [-0.4, -0.2) is 39.6 Å². The second-order valence-corrected chi connectivity index (χ2v) is 5.20. The molecule has 0 radical (unpaired) electrons. The average molecular weight is 261 g/mol. The van der Waals surface area contributed by atoms with Gasteiger partial charge in [0.15, 0.2) is 0 Å². The first-order chi connectivity index (χ1) is 9.08. The summed E-state index contributed by atoms with van der Waals surface area (Å²) < 4.78 is 0. The van der Waals surface area contributed by atoms with Crippen molar-refractivity contribution in [1.29, 1.82) is 0 Å². The lowest BCUT2D eigenvalue weighted by molar-refractivity contribution is -0.141. The molecule has 1 aromatic rings. The van der Waals surface area contributed by atoms with E-state index in [0.29, 0.717) is 6.42 Å². The summed E-state index contributed by atoms with van der Waals surface area (Å²) in [5.74, 6) is -1.79. The van der Waals surface area contributed by atoms with Gasteiger partial charge in [0, 0.05) is 19.4 Å². The molecule has 0 bridgehead atoms. The predicted molar refractivity (Wildman–Crippen MR) is 66.3 cm³/mol. The van der Waals surface area contributed by atoms with E-state index in [0.717, 1.165) is 11.1 Å². The van der Waals surface area contributed by atoms with Gasteiger partial charge in [0.2, 0.25) is 5.91 Å². The molecule has 3 atom stereocenters. The second-order valence-electron chi connectivity index (χ2n) is 5.20. The minimum Gasteiger partial charge on any atom is -0.481 e. The summed E-state index contributed by atoms with van der Waals surface area (Å²) >= 11 is 0. The number of rotatable bonds is 2. The lowest BCUT2D eigenvalue weighted by Gasteiger charge is -2.27. The van der Waals surface area contributed by atoms with E-state index in [4.69, 9.17) is 5.11 Å². The molecule has 1 aliphatic carbocycles. The topological polar surface area (TPSA) is 77.8 Å². The Morgan fingerprint density at radius 3 is 2.68 bits per heavy atom. The number of aliphatic carboxylic acids is 1. The quantitative estimate of drug-likeness (QED) is 0.816. The summed E-state index contributed by atoms with van der Waals surface area (Å²) in [6, 6.07) is 7.22. The summed E-state index contributed by atoms with van der Waals surface area (Å²) in [5, 5.41) is 19.2. The van der Waals surface area contributed by atoms with Crippen LogP contribution in [0, 0.1) is 5.92 Å². The summed E-state index contributed by atoms with van der Waals surface area (Å²) in [7, 11) is 0. The molecular formula is C14H15NO4. The van der Waals surface area contributed by atoms with Crippen LogP contribution in [0.25, 0.3) is 0 Å². The van der Waals surface area contributed by atoms with Crippen molar-refractivity contribution >= 4 is 11.9 Å². The summed E-state index contributed by atoms with van der Waals surface area (Å²) in [4.78, 5) is 24.5. The van der Waals surface area contributed by atoms with Crippen molar-refractivity contribution in [2.45, 2.75) is 25.0 Å². The molecule has 5 heteroatoms. The SMILES string of the molecule is O=C(O)C1CC(=O)N(C2c3ccccc3CC2O)C1. The van der Waals surface area contributed by atoms with Crippen LogP contribution in [0.3, 0.4) is 0 Å². The van der Waals surface area contributed by atoms with Gasteiger partial charge < -0.3 is 15.1 Å². The van der Waals surface area contributed by atoms with Crippen LogP contribution in [0.4, 0.5) is 0 Å². The summed E-state index contributed by atoms with van der Waals surface area (Å²) in [6.45, 7) is 0.185. The fraction of sp³-hybridized carbons (Fsp3) is 0.429. The highest BCUT2D eigenvalue weighted by Crippen LogP contribution is 2.39. The van der Waals surface area contributed by atoms with Crippen LogP contribution >= 0.6 is 0 Å². The molecule has 1 aromatic carbocycles. The first kappa shape index (κ1) is 12.2. The molecule has 0 saturated carbocycles. The van der Waals surface area contributed by atoms with Crippen LogP contribution in [-0.2, 0) is 16.0 Å². The van der Waals surface area contributed by atoms with E-state index >= 15 is 0 Å². The number of carboxylic acids is 1. The highest BCUT2D eigenvalue weighted by Gasteiger charge is 2.43. The number of carboxylic acid groups (broad SMARTS) is 1. The number of aliphatic hydroxyl groups is 1. The molecule has 2 aliphatic rings. The van der Waals surface area contributed by atoms with Crippen LogP contribution in [0.2, 0.25) is 0 Å². The molecule has 100 valence electrons. The smallest absolute Gasteiger partial charge is 0.308 e. The molecule has 1 saturated heterocycles. The minimum atomic E-state index is -0.948. The third-order valence-corrected chi connectivity index (χ3v) is 4.01. The number of carbonyl (C=O) groups is 2. The number of nitrogens with zero attached hydrogens (tertiary/aromatic N) is 1. The zero-order valence-corrected chi connectivity index (χ0v) is 10.3. The van der Waals surface area contributed by atoms with Crippen molar-refractivity contribution in [1.82, 2.24) is 4.90 Å². The number of hydrogen-bond donors (Lipinski definition) is 2. The van der Waals surface area contributed by atoms with E-state index < -0.39 is 24.0 Å². The number of likely N-dealkylation sites (tertiary alicyclic amines) is 1. The van der Waals surface area contributed by atoms with Crippen molar-refractivity contribution < 1.29 is 19.8 Å². The Morgan fingerprint density at radius 1 is 1.26 bits per heavy atom. The zero-order chi connectivity index (χ0) is 13.6. The Morgan fingerprint density at radius 2 is 2.00 bits per heavy atom. The zero-order valence-electron chi connectivity index (χ0n) is 10.3. The van der Waals surface area contributed by atoms with Gasteiger partial charge in [-0.3, -0.25) is 9.59 Å². The largest absolute Gasteiger partial charge is 0.481 e. The van der Waals surface area contributed by atoms with Crippen molar-refractivity contribution in [3.05, 3.63) is 35.4 Å². The van der Waals surface area contributed by atoms with Crippen LogP contribution < -0.4 is 0 Å². The van der Waals surface area contributed by atoms with Gasteiger partial charge in [0.1, 0.15) is 0 Å². The first-order valence-corrected chi connectivity index (χ1v) is 6.36. The fourth-order valence-corrected chi connectivity index (χ4v) is 3.09. The van der Waals surface area contributed by atoms with E-state index in [2.05, 4.69) is 0 Å². The lowest BCUT2D eigenvalue weighted by atomic mass is 10.1. The van der Waals surface area contributed by atoms with E-state index in [1.807, 2.05) is 24.3 Å². The summed E-state index contributed by atoms with van der Waals surface area (Å²) in [6.07, 6.45) is -0.0998. The first-order valence-electron chi connectivity index (χ1n) is 6.36. The maximum Gasteiger partial charge on any atom is 0.308 e. The van der Waals surface area contributed by atoms with Crippen LogP contribution in [0.1, 0.15) is 23.6 Å². The molecule has 1 fully saturated rings. The Labute approximate surface area is 110 Å². The van der Waals surface area contributed by atoms with E-state index in [-0.39, 0.29) is 18.9 Å². The monoisotopic (exact) mass is 261 g/mol. The van der Waals surface area contributed by atoms with Crippen LogP contribution in [0.5, 0.6) is 0 Å². The van der Waals surface area contributed by atoms with Crippen molar-refractivity contribution in [2.75, 3.05) is 6.54 Å². The third kappa shape index (κ3) is 1.90. The molecule has 1 aliphatic heterocycles. The van der Waals surface area contributed by atoms with E-state index in [1.54, 1.807) is 0 Å². The molecule has 3 rings (SSSR count). The third-order valence-electron chi connectivity index (χ3n) is 4.01. The normalized spacial score (nSPS) is 29.6. The lowest BCUT2D eigenvalue weighted by Crippen LogP contribution is -2.35. The fourth-order valence-electron chi connectivity index (χ4n) is 3.09. The molecule has 0 spiro atoms. The summed E-state index contributed by atoms with van der Waals surface area (Å²) in [5.41, 5.74) is 1.97. The molecular weight excluding hydrogens is 246 g/mol. The minimum absolute atomic E-state index is 0.0285. The highest BCUT2D eigenvalue weighted by molar-refractivity contribution is 5.86. The Bertz CT molecular complexity index is 542. The Balaban J connectivity index is 1.91. The van der Waals surface area contributed by atoms with Crippen molar-refractivity contribution in [2.24, 2.45) is 5.92 Å². The average Bonchev–Trinajstić information content (AvgIpc) is 2.88. The van der Waals surface area contributed by atoms with Crippen molar-refractivity contribution in [3.63, 3.8) is 0 Å².